The van der Waals surface area contributed by atoms with Gasteiger partial charge in [-0.15, -0.1) is 11.3 Å². The normalized spacial score (nSPS) is 27.5. The highest BCUT2D eigenvalue weighted by atomic mass is 32.1. The monoisotopic (exact) mass is 282 g/mol. The van der Waals surface area contributed by atoms with Crippen molar-refractivity contribution in [2.45, 2.75) is 58.8 Å². The van der Waals surface area contributed by atoms with Crippen molar-refractivity contribution in [3.8, 4) is 0 Å². The van der Waals surface area contributed by atoms with Crippen LogP contribution in [-0.4, -0.2) is 23.1 Å². The van der Waals surface area contributed by atoms with E-state index in [9.17, 15) is 4.79 Å². The molecule has 106 valence electrons. The maximum Gasteiger partial charge on any atom is 0.250 e. The molecule has 2 rings (SSSR count). The minimum Gasteiger partial charge on any atom is -0.365 e. The molecular weight excluding hydrogens is 260 g/mol. The second kappa shape index (κ2) is 5.21. The van der Waals surface area contributed by atoms with Crippen molar-refractivity contribution in [3.05, 3.63) is 16.1 Å². The Hall–Kier alpha value is -0.940. The minimum absolute atomic E-state index is 0.0327. The lowest BCUT2D eigenvalue weighted by molar-refractivity contribution is -0.135. The molecule has 1 aliphatic heterocycles. The number of nitrogens with zero attached hydrogens (tertiary/aromatic N) is 1. The second-order valence-corrected chi connectivity index (χ2v) is 6.85. The number of thiazole rings is 1. The Balaban J connectivity index is 2.06. The Bertz CT molecular complexity index is 470. The van der Waals surface area contributed by atoms with Crippen LogP contribution in [0.4, 0.5) is 0 Å². The van der Waals surface area contributed by atoms with Gasteiger partial charge in [-0.25, -0.2) is 4.98 Å². The van der Waals surface area contributed by atoms with Crippen LogP contribution >= 0.6 is 11.3 Å². The molecule has 19 heavy (non-hydrogen) atoms. The molecule has 1 aliphatic rings. The van der Waals surface area contributed by atoms with Crippen molar-refractivity contribution in [2.75, 3.05) is 0 Å². The smallest absolute Gasteiger partial charge is 0.250 e. The molecule has 1 aromatic rings. The summed E-state index contributed by atoms with van der Waals surface area (Å²) < 4.78 is 5.69. The quantitative estimate of drug-likeness (QED) is 0.927. The third-order valence-electron chi connectivity index (χ3n) is 3.45. The lowest BCUT2D eigenvalue weighted by atomic mass is 10.00. The van der Waals surface area contributed by atoms with Crippen LogP contribution in [0.5, 0.6) is 0 Å². The number of ether oxygens (including phenoxy) is 1. The van der Waals surface area contributed by atoms with Crippen molar-refractivity contribution in [1.82, 2.24) is 10.3 Å². The fraction of sp³-hybridized carbons (Fsp3) is 0.714. The Morgan fingerprint density at radius 1 is 1.53 bits per heavy atom. The van der Waals surface area contributed by atoms with Gasteiger partial charge in [-0.05, 0) is 40.0 Å². The van der Waals surface area contributed by atoms with E-state index in [0.717, 1.165) is 17.1 Å². The van der Waals surface area contributed by atoms with E-state index in [0.29, 0.717) is 0 Å². The van der Waals surface area contributed by atoms with Crippen LogP contribution in [0.3, 0.4) is 0 Å². The number of carbonyl (C=O) groups is 1. The van der Waals surface area contributed by atoms with Crippen molar-refractivity contribution in [3.63, 3.8) is 0 Å². The minimum atomic E-state index is -0.453. The summed E-state index contributed by atoms with van der Waals surface area (Å²) in [5.41, 5.74) is 0.534. The van der Waals surface area contributed by atoms with Crippen molar-refractivity contribution in [1.29, 1.82) is 0 Å². The van der Waals surface area contributed by atoms with E-state index in [1.165, 1.54) is 0 Å². The first kappa shape index (κ1) is 14.5. The lowest BCUT2D eigenvalue weighted by Gasteiger charge is -2.26. The van der Waals surface area contributed by atoms with Gasteiger partial charge in [0.1, 0.15) is 11.1 Å². The molecule has 1 N–H and O–H groups in total. The summed E-state index contributed by atoms with van der Waals surface area (Å²) in [7, 11) is 0. The number of aromatic nitrogens is 1. The summed E-state index contributed by atoms with van der Waals surface area (Å²) in [5, 5.41) is 5.99. The van der Waals surface area contributed by atoms with Gasteiger partial charge in [-0.3, -0.25) is 4.79 Å². The fourth-order valence-electron chi connectivity index (χ4n) is 2.48. The van der Waals surface area contributed by atoms with E-state index in [4.69, 9.17) is 4.74 Å². The van der Waals surface area contributed by atoms with E-state index in [1.54, 1.807) is 11.3 Å². The highest BCUT2D eigenvalue weighted by Gasteiger charge is 2.37. The summed E-state index contributed by atoms with van der Waals surface area (Å²) in [4.78, 5) is 16.8. The molecule has 0 saturated carbocycles. The summed E-state index contributed by atoms with van der Waals surface area (Å²) in [6.45, 7) is 9.99. The van der Waals surface area contributed by atoms with Crippen molar-refractivity contribution < 1.29 is 9.53 Å². The van der Waals surface area contributed by atoms with Crippen molar-refractivity contribution in [2.24, 2.45) is 5.92 Å². The number of amides is 1. The number of hydrogen-bond acceptors (Lipinski definition) is 4. The first-order valence-corrected chi connectivity index (χ1v) is 7.57. The molecule has 1 fully saturated rings. The number of nitrogens with one attached hydrogen (secondary N) is 1. The molecule has 3 atom stereocenters. The SMILES string of the molecule is Cc1csc(C(C)(C)NC(=O)C2OC(C)CC2C)n1. The molecule has 4 nitrogen and oxygen atoms in total. The topological polar surface area (TPSA) is 51.2 Å². The Kier molecular flexibility index (Phi) is 3.97. The van der Waals surface area contributed by atoms with Gasteiger partial charge in [0.25, 0.3) is 0 Å². The van der Waals surface area contributed by atoms with E-state index < -0.39 is 5.54 Å². The third-order valence-corrected chi connectivity index (χ3v) is 4.73. The van der Waals surface area contributed by atoms with Crippen LogP contribution in [-0.2, 0) is 15.1 Å². The summed E-state index contributed by atoms with van der Waals surface area (Å²) >= 11 is 1.58. The Morgan fingerprint density at radius 2 is 2.21 bits per heavy atom. The molecule has 5 heteroatoms. The maximum atomic E-state index is 12.3. The third kappa shape index (κ3) is 3.15. The molecule has 1 amide bonds. The van der Waals surface area contributed by atoms with E-state index in [1.807, 2.05) is 33.1 Å². The molecule has 0 bridgehead atoms. The van der Waals surface area contributed by atoms with Gasteiger partial charge >= 0.3 is 0 Å². The average molecular weight is 282 g/mol. The molecule has 2 heterocycles. The predicted molar refractivity (Wildman–Crippen MR) is 76.1 cm³/mol. The van der Waals surface area contributed by atoms with Crippen LogP contribution in [0, 0.1) is 12.8 Å². The van der Waals surface area contributed by atoms with Crippen molar-refractivity contribution >= 4 is 17.2 Å². The number of rotatable bonds is 3. The van der Waals surface area contributed by atoms with E-state index in [-0.39, 0.29) is 24.0 Å². The first-order chi connectivity index (χ1) is 8.79. The molecule has 0 spiro atoms. The average Bonchev–Trinajstić information content (AvgIpc) is 2.84. The zero-order valence-corrected chi connectivity index (χ0v) is 13.0. The Labute approximate surface area is 118 Å². The maximum absolute atomic E-state index is 12.3. The second-order valence-electron chi connectivity index (χ2n) is 5.99. The Morgan fingerprint density at radius 3 is 2.68 bits per heavy atom. The van der Waals surface area contributed by atoms with E-state index >= 15 is 0 Å². The van der Waals surface area contributed by atoms with Crippen LogP contribution in [0.2, 0.25) is 0 Å². The zero-order valence-electron chi connectivity index (χ0n) is 12.2. The van der Waals surface area contributed by atoms with Gasteiger partial charge in [-0.2, -0.15) is 0 Å². The number of hydrogen-bond donors (Lipinski definition) is 1. The van der Waals surface area contributed by atoms with Gasteiger partial charge in [0, 0.05) is 11.1 Å². The van der Waals surface area contributed by atoms with Crippen LogP contribution in [0.15, 0.2) is 5.38 Å². The molecule has 0 aliphatic carbocycles. The zero-order chi connectivity index (χ0) is 14.2. The molecule has 0 radical (unpaired) electrons. The van der Waals surface area contributed by atoms with Crippen LogP contribution in [0.25, 0.3) is 0 Å². The molecule has 3 unspecified atom stereocenters. The van der Waals surface area contributed by atoms with Gasteiger partial charge in [0.15, 0.2) is 0 Å². The molecule has 1 saturated heterocycles. The largest absolute Gasteiger partial charge is 0.365 e. The first-order valence-electron chi connectivity index (χ1n) is 6.69. The highest BCUT2D eigenvalue weighted by molar-refractivity contribution is 7.09. The van der Waals surface area contributed by atoms with E-state index in [2.05, 4.69) is 17.2 Å². The van der Waals surface area contributed by atoms with Gasteiger partial charge in [0.2, 0.25) is 5.91 Å². The molecule has 0 aromatic carbocycles. The highest BCUT2D eigenvalue weighted by Crippen LogP contribution is 2.28. The van der Waals surface area contributed by atoms with Crippen LogP contribution < -0.4 is 5.32 Å². The van der Waals surface area contributed by atoms with Crippen LogP contribution in [0.1, 0.15) is 44.8 Å². The standard InChI is InChI=1S/C14H22N2O2S/c1-8-6-10(3)18-11(8)12(17)16-14(4,5)13-15-9(2)7-19-13/h7-8,10-11H,6H2,1-5H3,(H,16,17). The summed E-state index contributed by atoms with van der Waals surface area (Å²) in [6.07, 6.45) is 0.765. The molecular formula is C14H22N2O2S. The number of aryl methyl sites for hydroxylation is 1. The fourth-order valence-corrected chi connectivity index (χ4v) is 3.36. The van der Waals surface area contributed by atoms with Gasteiger partial charge in [0.05, 0.1) is 11.6 Å². The summed E-state index contributed by atoms with van der Waals surface area (Å²) in [6, 6.07) is 0. The molecule has 1 aromatic heterocycles. The van der Waals surface area contributed by atoms with Gasteiger partial charge < -0.3 is 10.1 Å². The predicted octanol–water partition coefficient (Wildman–Crippen LogP) is 2.62. The van der Waals surface area contributed by atoms with Gasteiger partial charge in [-0.1, -0.05) is 6.92 Å². The number of carbonyl (C=O) groups excluding carboxylic acids is 1. The lowest BCUT2D eigenvalue weighted by Crippen LogP contribution is -2.47. The summed E-state index contributed by atoms with van der Waals surface area (Å²) in [5.74, 6) is 0.235.